The lowest BCUT2D eigenvalue weighted by Crippen LogP contribution is -2.27. The van der Waals surface area contributed by atoms with Gasteiger partial charge in [-0.1, -0.05) is 0 Å². The molecule has 0 aromatic rings. The molecule has 0 saturated heterocycles. The number of carbonyl (C=O) groups excluding carboxylic acids is 2. The first-order valence-corrected chi connectivity index (χ1v) is 6.27. The van der Waals surface area contributed by atoms with Crippen molar-refractivity contribution in [2.75, 3.05) is 0 Å². The fourth-order valence-electron chi connectivity index (χ4n) is 0.780. The van der Waals surface area contributed by atoms with Gasteiger partial charge in [0.05, 0.1) is 0 Å². The Balaban J connectivity index is 0. The average molecular weight is 318 g/mol. The lowest BCUT2D eigenvalue weighted by molar-refractivity contribution is 0.0592. The Morgan fingerprint density at radius 3 is 1.05 bits per heavy atom. The highest BCUT2D eigenvalue weighted by Crippen LogP contribution is 2.08. The molecule has 0 aliphatic heterocycles. The highest BCUT2D eigenvalue weighted by atomic mass is 16.6. The average Bonchev–Trinajstić information content (AvgIpc) is 2.07. The van der Waals surface area contributed by atoms with E-state index < -0.39 is 23.4 Å². The van der Waals surface area contributed by atoms with E-state index in [-0.39, 0.29) is 11.9 Å². The van der Waals surface area contributed by atoms with Crippen LogP contribution in [0.25, 0.3) is 0 Å². The number of amides is 2. The number of hydrogen-bond acceptors (Lipinski definition) is 4. The summed E-state index contributed by atoms with van der Waals surface area (Å²) < 4.78 is 9.52. The fourth-order valence-corrected chi connectivity index (χ4v) is 0.780. The molecule has 10 nitrogen and oxygen atoms in total. The quantitative estimate of drug-likeness (QED) is 0.365. The van der Waals surface area contributed by atoms with Gasteiger partial charge in [0.15, 0.2) is 11.9 Å². The molecule has 0 aromatic heterocycles. The lowest BCUT2D eigenvalue weighted by atomic mass is 10.2. The number of rotatable bonds is 0. The molecule has 0 aliphatic carbocycles. The molecule has 2 amide bonds. The minimum Gasteiger partial charge on any atom is -0.442 e. The molecule has 8 N–H and O–H groups in total. The van der Waals surface area contributed by atoms with Gasteiger partial charge in [-0.25, -0.2) is 9.59 Å². The van der Waals surface area contributed by atoms with Crippen LogP contribution in [0.4, 0.5) is 9.59 Å². The SMILES string of the molecule is CC(C)(C)OC(=O)N=C(N)N.CC(C)(C)OC(=O)N=C(N)N. The molecule has 0 rings (SSSR count). The molecule has 0 bridgehead atoms. The Morgan fingerprint density at radius 2 is 0.909 bits per heavy atom. The van der Waals surface area contributed by atoms with Gasteiger partial charge in [0.1, 0.15) is 11.2 Å². The third-order valence-corrected chi connectivity index (χ3v) is 1.23. The molecule has 0 unspecified atom stereocenters. The van der Waals surface area contributed by atoms with Gasteiger partial charge in [0, 0.05) is 0 Å². The second-order valence-electron chi connectivity index (χ2n) is 6.03. The van der Waals surface area contributed by atoms with E-state index >= 15 is 0 Å². The predicted octanol–water partition coefficient (Wildman–Crippen LogP) is 0.390. The zero-order valence-corrected chi connectivity index (χ0v) is 13.8. The Labute approximate surface area is 129 Å². The molecule has 10 heteroatoms. The van der Waals surface area contributed by atoms with E-state index in [9.17, 15) is 9.59 Å². The second-order valence-corrected chi connectivity index (χ2v) is 6.03. The summed E-state index contributed by atoms with van der Waals surface area (Å²) in [5, 5.41) is 0. The summed E-state index contributed by atoms with van der Waals surface area (Å²) in [6.45, 7) is 10.4. The van der Waals surface area contributed by atoms with Crippen LogP contribution in [0, 0.1) is 0 Å². The Morgan fingerprint density at radius 1 is 0.682 bits per heavy atom. The highest BCUT2D eigenvalue weighted by molar-refractivity contribution is 5.88. The molecule has 128 valence electrons. The van der Waals surface area contributed by atoms with Gasteiger partial charge in [-0.05, 0) is 41.5 Å². The van der Waals surface area contributed by atoms with Gasteiger partial charge in [-0.2, -0.15) is 0 Å². The van der Waals surface area contributed by atoms with Crippen LogP contribution in [0.5, 0.6) is 0 Å². The summed E-state index contributed by atoms with van der Waals surface area (Å²) >= 11 is 0. The topological polar surface area (TPSA) is 181 Å². The smallest absolute Gasteiger partial charge is 0.437 e. The van der Waals surface area contributed by atoms with Crippen molar-refractivity contribution in [1.82, 2.24) is 0 Å². The minimum absolute atomic E-state index is 0.292. The number of hydrogen-bond donors (Lipinski definition) is 4. The van der Waals surface area contributed by atoms with Crippen molar-refractivity contribution in [3.05, 3.63) is 0 Å². The highest BCUT2D eigenvalue weighted by Gasteiger charge is 2.15. The zero-order valence-electron chi connectivity index (χ0n) is 13.8. The predicted molar refractivity (Wildman–Crippen MR) is 84.1 cm³/mol. The second kappa shape index (κ2) is 8.70. The van der Waals surface area contributed by atoms with E-state index in [1.54, 1.807) is 41.5 Å². The normalized spacial score (nSPS) is 10.5. The van der Waals surface area contributed by atoms with Crippen molar-refractivity contribution < 1.29 is 19.1 Å². The first-order valence-electron chi connectivity index (χ1n) is 6.27. The fraction of sp³-hybridized carbons (Fsp3) is 0.667. The van der Waals surface area contributed by atoms with Crippen LogP contribution in [0.3, 0.4) is 0 Å². The molecule has 0 atom stereocenters. The van der Waals surface area contributed by atoms with Crippen molar-refractivity contribution in [2.45, 2.75) is 52.7 Å². The molecule has 0 spiro atoms. The Kier molecular flexibility index (Phi) is 8.61. The number of nitrogens with two attached hydrogens (primary N) is 4. The lowest BCUT2D eigenvalue weighted by Gasteiger charge is -2.17. The van der Waals surface area contributed by atoms with Crippen molar-refractivity contribution in [2.24, 2.45) is 32.9 Å². The van der Waals surface area contributed by atoms with Crippen LogP contribution in [0.15, 0.2) is 9.98 Å². The summed E-state index contributed by atoms with van der Waals surface area (Å²) in [5.41, 5.74) is 18.6. The summed E-state index contributed by atoms with van der Waals surface area (Å²) in [6, 6.07) is 0. The maximum Gasteiger partial charge on any atom is 0.437 e. The summed E-state index contributed by atoms with van der Waals surface area (Å²) in [4.78, 5) is 27.7. The van der Waals surface area contributed by atoms with Crippen LogP contribution in [0.1, 0.15) is 41.5 Å². The van der Waals surface area contributed by atoms with E-state index in [4.69, 9.17) is 32.4 Å². The van der Waals surface area contributed by atoms with Gasteiger partial charge < -0.3 is 32.4 Å². The summed E-state index contributed by atoms with van der Waals surface area (Å²) in [6.07, 6.45) is -1.53. The van der Waals surface area contributed by atoms with Gasteiger partial charge in [0.25, 0.3) is 0 Å². The molecule has 0 fully saturated rings. The van der Waals surface area contributed by atoms with Crippen LogP contribution < -0.4 is 22.9 Å². The number of ether oxygens (including phenoxy) is 2. The van der Waals surface area contributed by atoms with E-state index in [0.29, 0.717) is 0 Å². The summed E-state index contributed by atoms with van der Waals surface area (Å²) in [5.74, 6) is -0.585. The van der Waals surface area contributed by atoms with E-state index in [2.05, 4.69) is 9.98 Å². The number of guanidine groups is 2. The van der Waals surface area contributed by atoms with Crippen LogP contribution in [-0.4, -0.2) is 35.3 Å². The van der Waals surface area contributed by atoms with Crippen molar-refractivity contribution in [3.63, 3.8) is 0 Å². The molecule has 0 aromatic carbocycles. The maximum atomic E-state index is 10.7. The zero-order chi connectivity index (χ0) is 18.1. The first-order chi connectivity index (χ1) is 9.62. The molecule has 0 radical (unpaired) electrons. The van der Waals surface area contributed by atoms with E-state index in [1.165, 1.54) is 0 Å². The van der Waals surface area contributed by atoms with Crippen LogP contribution in [-0.2, 0) is 9.47 Å². The van der Waals surface area contributed by atoms with Crippen LogP contribution in [0.2, 0.25) is 0 Å². The monoisotopic (exact) mass is 318 g/mol. The van der Waals surface area contributed by atoms with E-state index in [1.807, 2.05) is 0 Å². The maximum absolute atomic E-state index is 10.7. The third-order valence-electron chi connectivity index (χ3n) is 1.23. The van der Waals surface area contributed by atoms with Gasteiger partial charge in [-0.3, -0.25) is 0 Å². The Hall–Kier alpha value is -2.52. The molecule has 0 saturated carbocycles. The van der Waals surface area contributed by atoms with Crippen molar-refractivity contribution >= 4 is 24.1 Å². The van der Waals surface area contributed by atoms with Gasteiger partial charge in [-0.15, -0.1) is 9.98 Å². The van der Waals surface area contributed by atoms with E-state index in [0.717, 1.165) is 0 Å². The Bertz CT molecular complexity index is 396. The molecule has 0 aliphatic rings. The number of carbonyl (C=O) groups is 2. The minimum atomic E-state index is -0.766. The number of aliphatic imine (C=N–C) groups is 2. The molecular formula is C12H26N6O4. The van der Waals surface area contributed by atoms with Crippen LogP contribution >= 0.6 is 0 Å². The van der Waals surface area contributed by atoms with Gasteiger partial charge in [0.2, 0.25) is 0 Å². The summed E-state index contributed by atoms with van der Waals surface area (Å²) in [7, 11) is 0. The van der Waals surface area contributed by atoms with Crippen molar-refractivity contribution in [1.29, 1.82) is 0 Å². The first kappa shape index (κ1) is 21.8. The standard InChI is InChI=1S/2C6H13N3O2/c2*1-6(2,3)11-5(10)9-4(7)8/h2*1-3H3,(H4,7,8,9,10). The van der Waals surface area contributed by atoms with Crippen molar-refractivity contribution in [3.8, 4) is 0 Å². The third kappa shape index (κ3) is 19.8. The molecule has 22 heavy (non-hydrogen) atoms. The molecule has 0 heterocycles. The number of nitrogens with zero attached hydrogens (tertiary/aromatic N) is 2. The molecular weight excluding hydrogens is 292 g/mol. The largest absolute Gasteiger partial charge is 0.442 e. The van der Waals surface area contributed by atoms with Gasteiger partial charge >= 0.3 is 12.2 Å².